The molecule has 2 saturated heterocycles. The van der Waals surface area contributed by atoms with Crippen molar-refractivity contribution in [3.8, 4) is 11.1 Å². The van der Waals surface area contributed by atoms with Crippen LogP contribution in [0.4, 0.5) is 5.69 Å². The number of ether oxygens (including phenoxy) is 2. The summed E-state index contributed by atoms with van der Waals surface area (Å²) in [6.07, 6.45) is 2.86. The van der Waals surface area contributed by atoms with Gasteiger partial charge >= 0.3 is 0 Å². The lowest BCUT2D eigenvalue weighted by Gasteiger charge is -2.35. The minimum atomic E-state index is -0.287. The second-order valence-corrected chi connectivity index (χ2v) is 10.0. The highest BCUT2D eigenvalue weighted by atomic mass is 16.5. The van der Waals surface area contributed by atoms with E-state index in [1.165, 1.54) is 0 Å². The van der Waals surface area contributed by atoms with Crippen LogP contribution in [-0.2, 0) is 27.3 Å². The topological polar surface area (TPSA) is 67.9 Å². The van der Waals surface area contributed by atoms with E-state index in [0.29, 0.717) is 24.3 Å². The second kappa shape index (κ2) is 11.4. The summed E-state index contributed by atoms with van der Waals surface area (Å²) in [5.74, 6) is -0.0792. The first-order valence-corrected chi connectivity index (χ1v) is 13.0. The summed E-state index contributed by atoms with van der Waals surface area (Å²) in [7, 11) is 1.62. The first kappa shape index (κ1) is 25.3. The van der Waals surface area contributed by atoms with Gasteiger partial charge in [-0.2, -0.15) is 0 Å². The molecule has 3 aromatic rings. The zero-order valence-electron chi connectivity index (χ0n) is 21.5. The van der Waals surface area contributed by atoms with Gasteiger partial charge in [-0.1, -0.05) is 66.7 Å². The molecule has 0 aliphatic carbocycles. The lowest BCUT2D eigenvalue weighted by atomic mass is 9.98. The van der Waals surface area contributed by atoms with Crippen LogP contribution in [0, 0.1) is 0 Å². The minimum absolute atomic E-state index is 0.00438. The number of rotatable bonds is 9. The summed E-state index contributed by atoms with van der Waals surface area (Å²) in [6, 6.07) is 23.4. The number of hydrogen-bond donors (Lipinski definition) is 1. The highest BCUT2D eigenvalue weighted by Crippen LogP contribution is 2.28. The number of methoxy groups -OCH3 is 1. The number of carbonyl (C=O) groups excluding carboxylic acids is 2. The third kappa shape index (κ3) is 5.99. The van der Waals surface area contributed by atoms with Gasteiger partial charge in [-0.25, -0.2) is 0 Å². The number of morpholine rings is 1. The number of Topliss-reactive ketones (excluding diaryl/α,β-unsaturated/α-hetero) is 1. The molecule has 2 fully saturated rings. The van der Waals surface area contributed by atoms with Crippen LogP contribution in [-0.4, -0.2) is 55.0 Å². The highest BCUT2D eigenvalue weighted by Gasteiger charge is 2.37. The minimum Gasteiger partial charge on any atom is -0.380 e. The van der Waals surface area contributed by atoms with Crippen molar-refractivity contribution in [3.63, 3.8) is 0 Å². The molecule has 2 bridgehead atoms. The molecule has 192 valence electrons. The Morgan fingerprint density at radius 2 is 1.65 bits per heavy atom. The standard InChI is InChI=1S/C31H34N2O4/c1-21(33-18-27-14-15-28(19-33)37-27)31(35)32-29-17-25(12-13-26(29)20-36-2)30(34)16-22-8-10-24(11-9-22)23-6-4-3-5-7-23/h3-13,17,21,27-28H,14-16,18-20H2,1-2H3,(H,32,35). The highest BCUT2D eigenvalue weighted by molar-refractivity contribution is 6.01. The van der Waals surface area contributed by atoms with Crippen LogP contribution in [0.3, 0.4) is 0 Å². The smallest absolute Gasteiger partial charge is 0.241 e. The first-order valence-electron chi connectivity index (χ1n) is 13.0. The number of carbonyl (C=O) groups is 2. The van der Waals surface area contributed by atoms with Gasteiger partial charge in [-0.3, -0.25) is 14.5 Å². The third-order valence-electron chi connectivity index (χ3n) is 7.41. The first-order chi connectivity index (χ1) is 18.0. The van der Waals surface area contributed by atoms with Crippen molar-refractivity contribution in [2.24, 2.45) is 0 Å². The third-order valence-corrected chi connectivity index (χ3v) is 7.41. The maximum absolute atomic E-state index is 13.2. The largest absolute Gasteiger partial charge is 0.380 e. The van der Waals surface area contributed by atoms with Crippen LogP contribution in [0.2, 0.25) is 0 Å². The van der Waals surface area contributed by atoms with Crippen LogP contribution >= 0.6 is 0 Å². The number of fused-ring (bicyclic) bond motifs is 2. The molecule has 3 aromatic carbocycles. The average molecular weight is 499 g/mol. The molecule has 0 aromatic heterocycles. The Morgan fingerprint density at radius 3 is 2.32 bits per heavy atom. The van der Waals surface area contributed by atoms with E-state index in [0.717, 1.165) is 48.2 Å². The van der Waals surface area contributed by atoms with Crippen LogP contribution in [0.5, 0.6) is 0 Å². The molecule has 1 N–H and O–H groups in total. The fraction of sp³-hybridized carbons (Fsp3) is 0.355. The summed E-state index contributed by atoms with van der Waals surface area (Å²) in [5.41, 5.74) is 5.25. The molecule has 2 heterocycles. The summed E-state index contributed by atoms with van der Waals surface area (Å²) in [6.45, 7) is 3.83. The van der Waals surface area contributed by atoms with Crippen molar-refractivity contribution in [1.29, 1.82) is 0 Å². The predicted molar refractivity (Wildman–Crippen MR) is 145 cm³/mol. The average Bonchev–Trinajstić information content (AvgIpc) is 3.27. The molecule has 6 heteroatoms. The number of ketones is 1. The number of nitrogens with one attached hydrogen (secondary N) is 1. The molecule has 3 atom stereocenters. The molecule has 2 aliphatic rings. The van der Waals surface area contributed by atoms with Gasteiger partial charge in [0.1, 0.15) is 0 Å². The van der Waals surface area contributed by atoms with Crippen LogP contribution in [0.1, 0.15) is 41.3 Å². The van der Waals surface area contributed by atoms with Crippen molar-refractivity contribution < 1.29 is 19.1 Å². The summed E-state index contributed by atoms with van der Waals surface area (Å²) in [4.78, 5) is 28.6. The molecule has 0 spiro atoms. The number of hydrogen-bond acceptors (Lipinski definition) is 5. The molecule has 37 heavy (non-hydrogen) atoms. The monoisotopic (exact) mass is 498 g/mol. The fourth-order valence-corrected chi connectivity index (χ4v) is 5.25. The molecule has 2 aliphatic heterocycles. The summed E-state index contributed by atoms with van der Waals surface area (Å²) in [5, 5.41) is 3.07. The van der Waals surface area contributed by atoms with Crippen LogP contribution in [0.15, 0.2) is 72.8 Å². The molecule has 0 saturated carbocycles. The van der Waals surface area contributed by atoms with Crippen LogP contribution in [0.25, 0.3) is 11.1 Å². The van der Waals surface area contributed by atoms with Gasteiger partial charge in [-0.05, 0) is 42.5 Å². The van der Waals surface area contributed by atoms with Crippen molar-refractivity contribution >= 4 is 17.4 Å². The van der Waals surface area contributed by atoms with Crippen molar-refractivity contribution in [2.75, 3.05) is 25.5 Å². The maximum atomic E-state index is 13.2. The predicted octanol–water partition coefficient (Wildman–Crippen LogP) is 5.12. The zero-order chi connectivity index (χ0) is 25.8. The Kier molecular flexibility index (Phi) is 7.79. The number of likely N-dealkylation sites (tertiary alicyclic amines) is 1. The van der Waals surface area contributed by atoms with E-state index < -0.39 is 0 Å². The maximum Gasteiger partial charge on any atom is 0.241 e. The molecule has 6 nitrogen and oxygen atoms in total. The number of nitrogens with zero attached hydrogens (tertiary/aromatic N) is 1. The number of benzene rings is 3. The van der Waals surface area contributed by atoms with E-state index in [1.807, 2.05) is 61.5 Å². The van der Waals surface area contributed by atoms with Crippen molar-refractivity contribution in [2.45, 2.75) is 51.0 Å². The Balaban J connectivity index is 1.27. The van der Waals surface area contributed by atoms with Gasteiger partial charge < -0.3 is 14.8 Å². The van der Waals surface area contributed by atoms with E-state index in [2.05, 4.69) is 22.3 Å². The molecule has 1 amide bonds. The fourth-order valence-electron chi connectivity index (χ4n) is 5.25. The Hall–Kier alpha value is -3.32. The summed E-state index contributed by atoms with van der Waals surface area (Å²) < 4.78 is 11.3. The molecule has 5 rings (SSSR count). The van der Waals surface area contributed by atoms with E-state index in [1.54, 1.807) is 13.2 Å². The second-order valence-electron chi connectivity index (χ2n) is 10.0. The van der Waals surface area contributed by atoms with Gasteiger partial charge in [0.2, 0.25) is 5.91 Å². The van der Waals surface area contributed by atoms with E-state index in [-0.39, 0.29) is 29.9 Å². The van der Waals surface area contributed by atoms with Crippen molar-refractivity contribution in [1.82, 2.24) is 4.90 Å². The normalized spacial score (nSPS) is 19.9. The molecule has 3 unspecified atom stereocenters. The van der Waals surface area contributed by atoms with Gasteiger partial charge in [0.15, 0.2) is 5.78 Å². The van der Waals surface area contributed by atoms with Gasteiger partial charge in [0.05, 0.1) is 24.9 Å². The van der Waals surface area contributed by atoms with Crippen LogP contribution < -0.4 is 5.32 Å². The number of amides is 1. The molecular weight excluding hydrogens is 464 g/mol. The zero-order valence-corrected chi connectivity index (χ0v) is 21.5. The lowest BCUT2D eigenvalue weighted by molar-refractivity contribution is -0.124. The Bertz CT molecular complexity index is 1230. The van der Waals surface area contributed by atoms with E-state index >= 15 is 0 Å². The lowest BCUT2D eigenvalue weighted by Crippen LogP contribution is -2.51. The SMILES string of the molecule is COCc1ccc(C(=O)Cc2ccc(-c3ccccc3)cc2)cc1NC(=O)C(C)N1CC2CCC(C1)O2. The Morgan fingerprint density at radius 1 is 0.973 bits per heavy atom. The van der Waals surface area contributed by atoms with Gasteiger partial charge in [0, 0.05) is 43.4 Å². The summed E-state index contributed by atoms with van der Waals surface area (Å²) >= 11 is 0. The Labute approximate surface area is 218 Å². The van der Waals surface area contributed by atoms with E-state index in [4.69, 9.17) is 9.47 Å². The van der Waals surface area contributed by atoms with Gasteiger partial charge in [0.25, 0.3) is 0 Å². The number of anilines is 1. The van der Waals surface area contributed by atoms with Gasteiger partial charge in [-0.15, -0.1) is 0 Å². The quantitative estimate of drug-likeness (QED) is 0.415. The molecule has 0 radical (unpaired) electrons. The van der Waals surface area contributed by atoms with E-state index in [9.17, 15) is 9.59 Å². The van der Waals surface area contributed by atoms with Crippen molar-refractivity contribution in [3.05, 3.63) is 89.5 Å². The molecular formula is C31H34N2O4.